The van der Waals surface area contributed by atoms with Gasteiger partial charge in [-0.2, -0.15) is 5.10 Å². The lowest BCUT2D eigenvalue weighted by atomic mass is 10.2. The molecule has 3 N–H and O–H groups in total. The molecule has 0 saturated heterocycles. The molecule has 0 radical (unpaired) electrons. The molecule has 0 bridgehead atoms. The Hall–Kier alpha value is -3.34. The largest absolute Gasteiger partial charge is 0.493 e. The fraction of sp³-hybridized carbons (Fsp3) is 0.238. The van der Waals surface area contributed by atoms with Crippen LogP contribution in [0.3, 0.4) is 0 Å². The summed E-state index contributed by atoms with van der Waals surface area (Å²) in [5.41, 5.74) is 3.11. The molecule has 2 rings (SSSR count). The zero-order valence-corrected chi connectivity index (χ0v) is 19.3. The van der Waals surface area contributed by atoms with Crippen LogP contribution in [0.4, 0.5) is 5.69 Å². The van der Waals surface area contributed by atoms with E-state index >= 15 is 0 Å². The monoisotopic (exact) mass is 496 g/mol. The summed E-state index contributed by atoms with van der Waals surface area (Å²) in [5.74, 6) is -1.52. The fourth-order valence-electron chi connectivity index (χ4n) is 2.41. The van der Waals surface area contributed by atoms with Gasteiger partial charge in [0.25, 0.3) is 5.91 Å². The third kappa shape index (κ3) is 8.97. The van der Waals surface area contributed by atoms with E-state index in [4.69, 9.17) is 37.4 Å². The topological polar surface area (TPSA) is 127 Å². The van der Waals surface area contributed by atoms with Crippen LogP contribution in [0.25, 0.3) is 0 Å². The molecule has 0 heterocycles. The van der Waals surface area contributed by atoms with Crippen LogP contribution < -0.4 is 25.5 Å². The van der Waals surface area contributed by atoms with Crippen molar-refractivity contribution in [2.45, 2.75) is 0 Å². The van der Waals surface area contributed by atoms with Crippen LogP contribution in [0.15, 0.2) is 41.5 Å². The van der Waals surface area contributed by atoms with Crippen molar-refractivity contribution in [3.63, 3.8) is 0 Å². The van der Waals surface area contributed by atoms with Gasteiger partial charge in [0, 0.05) is 29.4 Å². The van der Waals surface area contributed by atoms with Crippen LogP contribution in [0.1, 0.15) is 5.56 Å². The number of rotatable bonds is 10. The first-order chi connectivity index (χ1) is 15.8. The molecule has 12 heteroatoms. The summed E-state index contributed by atoms with van der Waals surface area (Å²) >= 11 is 11.8. The number of benzene rings is 2. The van der Waals surface area contributed by atoms with Gasteiger partial charge in [-0.1, -0.05) is 23.2 Å². The molecule has 33 heavy (non-hydrogen) atoms. The van der Waals surface area contributed by atoms with Crippen molar-refractivity contribution in [1.29, 1.82) is 0 Å². The molecule has 0 unspecified atom stereocenters. The Morgan fingerprint density at radius 3 is 2.39 bits per heavy atom. The van der Waals surface area contributed by atoms with E-state index in [-0.39, 0.29) is 19.8 Å². The SMILES string of the molecule is COCCNC(=O)C(=O)N/N=C\c1ccc(OCC(=O)Nc2cc(Cl)cc(Cl)c2)c(OC)c1. The smallest absolute Gasteiger partial charge is 0.329 e. The van der Waals surface area contributed by atoms with Gasteiger partial charge in [-0.15, -0.1) is 0 Å². The standard InChI is InChI=1S/C21H22Cl2N4O6/c1-31-6-5-24-20(29)21(30)27-25-11-13-3-4-17(18(7-13)32-2)33-12-19(28)26-16-9-14(22)8-15(23)10-16/h3-4,7-11H,5-6,12H2,1-2H3,(H,24,29)(H,26,28)(H,27,30)/b25-11-. The maximum absolute atomic E-state index is 12.2. The van der Waals surface area contributed by atoms with Crippen molar-refractivity contribution in [3.8, 4) is 11.5 Å². The summed E-state index contributed by atoms with van der Waals surface area (Å²) in [5, 5.41) is 9.51. The lowest BCUT2D eigenvalue weighted by Gasteiger charge is -2.12. The number of carbonyl (C=O) groups is 3. The van der Waals surface area contributed by atoms with Crippen molar-refractivity contribution in [2.24, 2.45) is 5.10 Å². The normalized spacial score (nSPS) is 10.5. The number of hydrogen-bond acceptors (Lipinski definition) is 7. The first-order valence-corrected chi connectivity index (χ1v) is 10.2. The summed E-state index contributed by atoms with van der Waals surface area (Å²) in [7, 11) is 2.91. The molecule has 0 saturated carbocycles. The van der Waals surface area contributed by atoms with Crippen LogP contribution >= 0.6 is 23.2 Å². The fourth-order valence-corrected chi connectivity index (χ4v) is 2.94. The van der Waals surface area contributed by atoms with Crippen molar-refractivity contribution in [3.05, 3.63) is 52.0 Å². The Morgan fingerprint density at radius 2 is 1.73 bits per heavy atom. The highest BCUT2D eigenvalue weighted by molar-refractivity contribution is 6.35. The van der Waals surface area contributed by atoms with Gasteiger partial charge < -0.3 is 24.8 Å². The molecule has 0 aliphatic carbocycles. The second-order valence-corrected chi connectivity index (χ2v) is 7.23. The number of ether oxygens (including phenoxy) is 3. The summed E-state index contributed by atoms with van der Waals surface area (Å²) < 4.78 is 15.6. The van der Waals surface area contributed by atoms with Gasteiger partial charge in [0.15, 0.2) is 18.1 Å². The number of nitrogens with one attached hydrogen (secondary N) is 3. The summed E-state index contributed by atoms with van der Waals surface area (Å²) in [4.78, 5) is 35.3. The third-order valence-corrected chi connectivity index (χ3v) is 4.31. The Morgan fingerprint density at radius 1 is 1.00 bits per heavy atom. The molecule has 0 aliphatic rings. The predicted octanol–water partition coefficient (Wildman–Crippen LogP) is 2.23. The van der Waals surface area contributed by atoms with E-state index in [2.05, 4.69) is 21.2 Å². The van der Waals surface area contributed by atoms with Gasteiger partial charge in [-0.05, 0) is 42.0 Å². The van der Waals surface area contributed by atoms with Crippen LogP contribution in [0.5, 0.6) is 11.5 Å². The van der Waals surface area contributed by atoms with Gasteiger partial charge in [0.2, 0.25) is 0 Å². The highest BCUT2D eigenvalue weighted by Gasteiger charge is 2.12. The maximum atomic E-state index is 12.2. The number of anilines is 1. The first-order valence-electron chi connectivity index (χ1n) is 9.49. The minimum atomic E-state index is -0.915. The molecule has 2 aromatic rings. The van der Waals surface area contributed by atoms with E-state index in [1.165, 1.54) is 20.4 Å². The summed E-state index contributed by atoms with van der Waals surface area (Å²) in [6, 6.07) is 9.44. The number of halogens is 2. The van der Waals surface area contributed by atoms with Crippen molar-refractivity contribution in [1.82, 2.24) is 10.7 Å². The lowest BCUT2D eigenvalue weighted by molar-refractivity contribution is -0.139. The molecular formula is C21H22Cl2N4O6. The van der Waals surface area contributed by atoms with Crippen LogP contribution in [0.2, 0.25) is 10.0 Å². The van der Waals surface area contributed by atoms with E-state index < -0.39 is 17.7 Å². The van der Waals surface area contributed by atoms with E-state index in [0.29, 0.717) is 32.8 Å². The predicted molar refractivity (Wildman–Crippen MR) is 124 cm³/mol. The van der Waals surface area contributed by atoms with E-state index in [1.54, 1.807) is 36.4 Å². The first kappa shape index (κ1) is 25.9. The molecule has 0 aromatic heterocycles. The zero-order chi connectivity index (χ0) is 24.2. The molecule has 0 spiro atoms. The third-order valence-electron chi connectivity index (χ3n) is 3.87. The lowest BCUT2D eigenvalue weighted by Crippen LogP contribution is -2.39. The van der Waals surface area contributed by atoms with E-state index in [1.807, 2.05) is 0 Å². The second-order valence-electron chi connectivity index (χ2n) is 6.35. The minimum Gasteiger partial charge on any atom is -0.493 e. The van der Waals surface area contributed by atoms with Crippen molar-refractivity contribution >= 4 is 52.8 Å². The van der Waals surface area contributed by atoms with E-state index in [9.17, 15) is 14.4 Å². The minimum absolute atomic E-state index is 0.204. The molecule has 3 amide bonds. The van der Waals surface area contributed by atoms with Crippen LogP contribution in [0, 0.1) is 0 Å². The highest BCUT2D eigenvalue weighted by Crippen LogP contribution is 2.28. The molecule has 0 fully saturated rings. The van der Waals surface area contributed by atoms with Crippen LogP contribution in [-0.2, 0) is 19.1 Å². The number of hydrogen-bond donors (Lipinski definition) is 3. The quantitative estimate of drug-likeness (QED) is 0.200. The van der Waals surface area contributed by atoms with Gasteiger partial charge in [-0.3, -0.25) is 14.4 Å². The number of nitrogens with zero attached hydrogens (tertiary/aromatic N) is 1. The number of hydrazone groups is 1. The van der Waals surface area contributed by atoms with Crippen LogP contribution in [-0.4, -0.2) is 57.9 Å². The Bertz CT molecular complexity index is 1010. The average molecular weight is 497 g/mol. The van der Waals surface area contributed by atoms with Gasteiger partial charge >= 0.3 is 11.8 Å². The Labute approximate surface area is 200 Å². The Kier molecular flexibility index (Phi) is 10.4. The van der Waals surface area contributed by atoms with Gasteiger partial charge in [0.05, 0.1) is 19.9 Å². The second kappa shape index (κ2) is 13.3. The summed E-state index contributed by atoms with van der Waals surface area (Å²) in [6.07, 6.45) is 1.32. The number of methoxy groups -OCH3 is 2. The number of amides is 3. The molecule has 2 aromatic carbocycles. The molecule has 176 valence electrons. The molecular weight excluding hydrogens is 475 g/mol. The number of carbonyl (C=O) groups excluding carboxylic acids is 3. The Balaban J connectivity index is 1.90. The van der Waals surface area contributed by atoms with E-state index in [0.717, 1.165) is 0 Å². The molecule has 10 nitrogen and oxygen atoms in total. The van der Waals surface area contributed by atoms with Gasteiger partial charge in [0.1, 0.15) is 0 Å². The molecule has 0 aliphatic heterocycles. The highest BCUT2D eigenvalue weighted by atomic mass is 35.5. The van der Waals surface area contributed by atoms with Crippen molar-refractivity contribution < 1.29 is 28.6 Å². The summed E-state index contributed by atoms with van der Waals surface area (Å²) in [6.45, 7) is 0.200. The molecule has 0 atom stereocenters. The zero-order valence-electron chi connectivity index (χ0n) is 17.8. The maximum Gasteiger partial charge on any atom is 0.329 e. The van der Waals surface area contributed by atoms with Gasteiger partial charge in [-0.25, -0.2) is 5.43 Å². The van der Waals surface area contributed by atoms with Crippen molar-refractivity contribution in [2.75, 3.05) is 39.3 Å². The average Bonchev–Trinajstić information content (AvgIpc) is 2.77.